The molecule has 0 aliphatic heterocycles. The van der Waals surface area contributed by atoms with Crippen LogP contribution >= 0.6 is 0 Å². The fourth-order valence-corrected chi connectivity index (χ4v) is 2.14. The summed E-state index contributed by atoms with van der Waals surface area (Å²) in [4.78, 5) is 0. The van der Waals surface area contributed by atoms with Gasteiger partial charge in [0.15, 0.2) is 0 Å². The summed E-state index contributed by atoms with van der Waals surface area (Å²) in [5.74, 6) is 0.555. The summed E-state index contributed by atoms with van der Waals surface area (Å²) in [6.07, 6.45) is 0.789. The van der Waals surface area contributed by atoms with E-state index >= 15 is 0 Å². The van der Waals surface area contributed by atoms with Crippen molar-refractivity contribution in [3.63, 3.8) is 0 Å². The summed E-state index contributed by atoms with van der Waals surface area (Å²) in [7, 11) is -4.81. The first kappa shape index (κ1) is 13.1. The normalized spacial score (nSPS) is 14.4. The van der Waals surface area contributed by atoms with Gasteiger partial charge >= 0.3 is 10.2 Å². The molecule has 0 aliphatic carbocycles. The summed E-state index contributed by atoms with van der Waals surface area (Å²) >= 11 is 0. The predicted molar refractivity (Wildman–Crippen MR) is 57.4 cm³/mol. The first-order valence-corrected chi connectivity index (χ1v) is 6.56. The van der Waals surface area contributed by atoms with Gasteiger partial charge in [-0.25, -0.2) is 0 Å². The highest BCUT2D eigenvalue weighted by molar-refractivity contribution is 7.86. The standard InChI is InChI=1S/C9H16FN3O2S/c1-5-7(4)8-11-12-9(16(10,14)15)13(8)6(2)3/h6-7H,5H2,1-4H3. The van der Waals surface area contributed by atoms with Gasteiger partial charge in [-0.2, -0.15) is 8.42 Å². The van der Waals surface area contributed by atoms with Crippen molar-refractivity contribution in [3.8, 4) is 0 Å². The Kier molecular flexibility index (Phi) is 3.67. The summed E-state index contributed by atoms with van der Waals surface area (Å²) < 4.78 is 36.1. The molecular formula is C9H16FN3O2S. The van der Waals surface area contributed by atoms with Gasteiger partial charge in [-0.1, -0.05) is 17.7 Å². The lowest BCUT2D eigenvalue weighted by molar-refractivity contribution is 0.472. The number of nitrogens with zero attached hydrogens (tertiary/aromatic N) is 3. The van der Waals surface area contributed by atoms with E-state index in [1.165, 1.54) is 4.57 Å². The molecule has 0 aliphatic rings. The predicted octanol–water partition coefficient (Wildman–Crippen LogP) is 2.03. The highest BCUT2D eigenvalue weighted by atomic mass is 32.3. The molecule has 1 rings (SSSR count). The van der Waals surface area contributed by atoms with Crippen LogP contribution in [0.2, 0.25) is 0 Å². The zero-order valence-electron chi connectivity index (χ0n) is 9.81. The molecule has 0 saturated carbocycles. The fraction of sp³-hybridized carbons (Fsp3) is 0.778. The van der Waals surface area contributed by atoms with Crippen LogP contribution in [0.25, 0.3) is 0 Å². The van der Waals surface area contributed by atoms with Crippen LogP contribution in [-0.2, 0) is 10.2 Å². The van der Waals surface area contributed by atoms with E-state index in [1.807, 2.05) is 13.8 Å². The molecule has 1 aromatic heterocycles. The third-order valence-electron chi connectivity index (χ3n) is 2.48. The molecule has 16 heavy (non-hydrogen) atoms. The second-order valence-corrected chi connectivity index (χ2v) is 5.29. The van der Waals surface area contributed by atoms with Crippen LogP contribution in [0.15, 0.2) is 5.16 Å². The smallest absolute Gasteiger partial charge is 0.297 e. The van der Waals surface area contributed by atoms with Crippen molar-refractivity contribution in [3.05, 3.63) is 5.82 Å². The van der Waals surface area contributed by atoms with Crippen LogP contribution in [0, 0.1) is 0 Å². The Morgan fingerprint density at radius 3 is 2.25 bits per heavy atom. The van der Waals surface area contributed by atoms with Gasteiger partial charge in [0, 0.05) is 12.0 Å². The third-order valence-corrected chi connectivity index (χ3v) is 3.19. The maximum absolute atomic E-state index is 13.0. The van der Waals surface area contributed by atoms with Crippen LogP contribution < -0.4 is 0 Å². The van der Waals surface area contributed by atoms with E-state index < -0.39 is 15.4 Å². The minimum Gasteiger partial charge on any atom is -0.297 e. The van der Waals surface area contributed by atoms with E-state index in [9.17, 15) is 12.3 Å². The summed E-state index contributed by atoms with van der Waals surface area (Å²) in [5.41, 5.74) is 0. The Labute approximate surface area is 94.9 Å². The molecule has 5 nitrogen and oxygen atoms in total. The lowest BCUT2D eigenvalue weighted by atomic mass is 10.1. The molecule has 0 aromatic carbocycles. The highest BCUT2D eigenvalue weighted by Crippen LogP contribution is 2.24. The minimum atomic E-state index is -4.81. The summed E-state index contributed by atoms with van der Waals surface area (Å²) in [5, 5.41) is 6.60. The molecule has 0 saturated heterocycles. The first-order valence-electron chi connectivity index (χ1n) is 5.18. The van der Waals surface area contributed by atoms with Crippen molar-refractivity contribution in [1.82, 2.24) is 14.8 Å². The Morgan fingerprint density at radius 1 is 1.31 bits per heavy atom. The van der Waals surface area contributed by atoms with Gasteiger partial charge in [0.1, 0.15) is 5.82 Å². The van der Waals surface area contributed by atoms with Crippen LogP contribution in [-0.4, -0.2) is 23.2 Å². The van der Waals surface area contributed by atoms with Gasteiger partial charge in [0.2, 0.25) is 0 Å². The maximum atomic E-state index is 13.0. The van der Waals surface area contributed by atoms with Gasteiger partial charge in [0.25, 0.3) is 5.16 Å². The molecule has 0 amide bonds. The molecule has 0 fully saturated rings. The number of rotatable bonds is 4. The van der Waals surface area contributed by atoms with Crippen LogP contribution in [0.4, 0.5) is 3.89 Å². The molecule has 0 N–H and O–H groups in total. The molecular weight excluding hydrogens is 233 g/mol. The van der Waals surface area contributed by atoms with E-state index in [-0.39, 0.29) is 12.0 Å². The van der Waals surface area contributed by atoms with E-state index in [2.05, 4.69) is 10.2 Å². The lowest BCUT2D eigenvalue weighted by Crippen LogP contribution is -2.13. The number of hydrogen-bond donors (Lipinski definition) is 0. The number of hydrogen-bond acceptors (Lipinski definition) is 4. The van der Waals surface area contributed by atoms with Crippen molar-refractivity contribution < 1.29 is 12.3 Å². The van der Waals surface area contributed by atoms with Gasteiger partial charge in [-0.05, 0) is 20.3 Å². The molecule has 1 unspecified atom stereocenters. The van der Waals surface area contributed by atoms with Crippen LogP contribution in [0.5, 0.6) is 0 Å². The topological polar surface area (TPSA) is 64.8 Å². The second kappa shape index (κ2) is 4.48. The average molecular weight is 249 g/mol. The molecule has 0 radical (unpaired) electrons. The quantitative estimate of drug-likeness (QED) is 0.766. The van der Waals surface area contributed by atoms with Gasteiger partial charge < -0.3 is 0 Å². The molecule has 1 heterocycles. The zero-order chi connectivity index (χ0) is 12.5. The summed E-state index contributed by atoms with van der Waals surface area (Å²) in [6.45, 7) is 7.39. The molecule has 1 atom stereocenters. The zero-order valence-corrected chi connectivity index (χ0v) is 10.6. The molecule has 7 heteroatoms. The average Bonchev–Trinajstić information content (AvgIpc) is 2.59. The monoisotopic (exact) mass is 249 g/mol. The number of halogens is 1. The van der Waals surface area contributed by atoms with Crippen molar-refractivity contribution in [2.75, 3.05) is 0 Å². The molecule has 92 valence electrons. The van der Waals surface area contributed by atoms with Crippen LogP contribution in [0.1, 0.15) is 51.9 Å². The maximum Gasteiger partial charge on any atom is 0.368 e. The third kappa shape index (κ3) is 2.40. The lowest BCUT2D eigenvalue weighted by Gasteiger charge is -2.15. The van der Waals surface area contributed by atoms with E-state index in [0.717, 1.165) is 6.42 Å². The number of aromatic nitrogens is 3. The molecule has 0 bridgehead atoms. The fourth-order valence-electron chi connectivity index (χ4n) is 1.46. The highest BCUT2D eigenvalue weighted by Gasteiger charge is 2.27. The van der Waals surface area contributed by atoms with Gasteiger partial charge in [0.05, 0.1) is 0 Å². The minimum absolute atomic E-state index is 0.0467. The van der Waals surface area contributed by atoms with Crippen LogP contribution in [0.3, 0.4) is 0 Å². The Morgan fingerprint density at radius 2 is 1.88 bits per heavy atom. The SMILES string of the molecule is CCC(C)c1nnc(S(=O)(=O)F)n1C(C)C. The Hall–Kier alpha value is -0.980. The van der Waals surface area contributed by atoms with E-state index in [1.54, 1.807) is 13.8 Å². The van der Waals surface area contributed by atoms with E-state index in [0.29, 0.717) is 5.82 Å². The van der Waals surface area contributed by atoms with Crippen molar-refractivity contribution in [2.24, 2.45) is 0 Å². The van der Waals surface area contributed by atoms with Crippen molar-refractivity contribution in [1.29, 1.82) is 0 Å². The largest absolute Gasteiger partial charge is 0.368 e. The Bertz CT molecular complexity index is 467. The van der Waals surface area contributed by atoms with E-state index in [4.69, 9.17) is 0 Å². The molecule has 0 spiro atoms. The summed E-state index contributed by atoms with van der Waals surface area (Å²) in [6, 6.07) is -0.195. The van der Waals surface area contributed by atoms with Crippen molar-refractivity contribution in [2.45, 2.75) is 51.2 Å². The Balaban J connectivity index is 3.40. The second-order valence-electron chi connectivity index (χ2n) is 4.05. The molecule has 1 aromatic rings. The van der Waals surface area contributed by atoms with Crippen molar-refractivity contribution >= 4 is 10.2 Å². The van der Waals surface area contributed by atoms with Gasteiger partial charge in [-0.3, -0.25) is 4.57 Å². The van der Waals surface area contributed by atoms with Gasteiger partial charge in [-0.15, -0.1) is 10.2 Å². The first-order chi connectivity index (χ1) is 7.29.